The lowest BCUT2D eigenvalue weighted by atomic mass is 10.2. The topological polar surface area (TPSA) is 62.2 Å². The van der Waals surface area contributed by atoms with Crippen molar-refractivity contribution in [2.45, 2.75) is 19.9 Å². The lowest BCUT2D eigenvalue weighted by Crippen LogP contribution is -2.16. The molecule has 0 spiro atoms. The maximum absolute atomic E-state index is 10.4. The van der Waals surface area contributed by atoms with Crippen LogP contribution in [0.4, 0.5) is 0 Å². The number of nitrogens with one attached hydrogen (secondary N) is 1. The van der Waals surface area contributed by atoms with Gasteiger partial charge in [-0.15, -0.1) is 11.3 Å². The zero-order chi connectivity index (χ0) is 13.7. The molecule has 0 aliphatic rings. The van der Waals surface area contributed by atoms with Crippen molar-refractivity contribution in [3.05, 3.63) is 40.9 Å². The molecule has 0 bridgehead atoms. The predicted octanol–water partition coefficient (Wildman–Crippen LogP) is 2.68. The van der Waals surface area contributed by atoms with Gasteiger partial charge in [0.15, 0.2) is 0 Å². The zero-order valence-corrected chi connectivity index (χ0v) is 11.5. The molecular weight excluding hydrogens is 260 g/mol. The fourth-order valence-electron chi connectivity index (χ4n) is 1.63. The van der Waals surface area contributed by atoms with Crippen molar-refractivity contribution >= 4 is 17.3 Å². The smallest absolute Gasteiger partial charge is 0.304 e. The van der Waals surface area contributed by atoms with Gasteiger partial charge in [0.25, 0.3) is 0 Å². The van der Waals surface area contributed by atoms with Gasteiger partial charge in [-0.2, -0.15) is 0 Å². The number of thiazole rings is 1. The van der Waals surface area contributed by atoms with Gasteiger partial charge in [-0.1, -0.05) is 29.8 Å². The fraction of sp³-hybridized carbons (Fsp3) is 0.286. The lowest BCUT2D eigenvalue weighted by molar-refractivity contribution is -0.136. The second-order valence-electron chi connectivity index (χ2n) is 4.32. The van der Waals surface area contributed by atoms with Gasteiger partial charge in [0, 0.05) is 29.7 Å². The van der Waals surface area contributed by atoms with Crippen LogP contribution < -0.4 is 5.32 Å². The van der Waals surface area contributed by atoms with Gasteiger partial charge in [-0.05, 0) is 6.92 Å². The van der Waals surface area contributed by atoms with Gasteiger partial charge in [-0.25, -0.2) is 4.98 Å². The van der Waals surface area contributed by atoms with Crippen LogP contribution in [0.15, 0.2) is 30.5 Å². The average molecular weight is 276 g/mol. The molecule has 0 unspecified atom stereocenters. The predicted molar refractivity (Wildman–Crippen MR) is 76.2 cm³/mol. The molecule has 2 N–H and O–H groups in total. The van der Waals surface area contributed by atoms with E-state index in [9.17, 15) is 4.79 Å². The summed E-state index contributed by atoms with van der Waals surface area (Å²) in [4.78, 5) is 15.9. The number of rotatable bonds is 6. The minimum Gasteiger partial charge on any atom is -0.481 e. The summed E-state index contributed by atoms with van der Waals surface area (Å²) >= 11 is 1.63. The Kier molecular flexibility index (Phi) is 4.65. The maximum Gasteiger partial charge on any atom is 0.304 e. The standard InChI is InChI=1S/C14H16N2O2S/c1-10-2-4-11(5-3-10)14-16-9-12(19-14)8-15-7-6-13(17)18/h2-5,9,15H,6-8H2,1H3,(H,17,18). The normalized spacial score (nSPS) is 10.6. The fourth-order valence-corrected chi connectivity index (χ4v) is 2.51. The Morgan fingerprint density at radius 3 is 2.79 bits per heavy atom. The third-order valence-electron chi connectivity index (χ3n) is 2.67. The molecule has 5 heteroatoms. The Balaban J connectivity index is 1.91. The van der Waals surface area contributed by atoms with Crippen molar-refractivity contribution in [1.29, 1.82) is 0 Å². The van der Waals surface area contributed by atoms with Crippen LogP contribution in [0.3, 0.4) is 0 Å². The van der Waals surface area contributed by atoms with E-state index in [1.54, 1.807) is 11.3 Å². The molecule has 0 aliphatic heterocycles. The number of hydrogen-bond acceptors (Lipinski definition) is 4. The largest absolute Gasteiger partial charge is 0.481 e. The molecule has 0 amide bonds. The Bertz CT molecular complexity index is 549. The average Bonchev–Trinajstić information content (AvgIpc) is 2.84. The van der Waals surface area contributed by atoms with Crippen molar-refractivity contribution in [3.63, 3.8) is 0 Å². The molecule has 0 saturated carbocycles. The van der Waals surface area contributed by atoms with E-state index in [-0.39, 0.29) is 6.42 Å². The Labute approximate surface area is 116 Å². The number of carboxylic acids is 1. The first-order valence-electron chi connectivity index (χ1n) is 6.09. The van der Waals surface area contributed by atoms with Crippen molar-refractivity contribution in [2.75, 3.05) is 6.54 Å². The van der Waals surface area contributed by atoms with Gasteiger partial charge in [0.05, 0.1) is 6.42 Å². The number of hydrogen-bond donors (Lipinski definition) is 2. The minimum absolute atomic E-state index is 0.142. The summed E-state index contributed by atoms with van der Waals surface area (Å²) in [5.41, 5.74) is 2.35. The summed E-state index contributed by atoms with van der Waals surface area (Å²) < 4.78 is 0. The van der Waals surface area contributed by atoms with E-state index in [1.807, 2.05) is 6.20 Å². The molecule has 1 aromatic heterocycles. The quantitative estimate of drug-likeness (QED) is 0.796. The third-order valence-corrected chi connectivity index (χ3v) is 3.71. The molecule has 0 aliphatic carbocycles. The van der Waals surface area contributed by atoms with Gasteiger partial charge >= 0.3 is 5.97 Å². The number of aromatic nitrogens is 1. The number of carboxylic acid groups (broad SMARTS) is 1. The van der Waals surface area contributed by atoms with Gasteiger partial charge in [-0.3, -0.25) is 4.79 Å². The van der Waals surface area contributed by atoms with Crippen LogP contribution in [-0.4, -0.2) is 22.6 Å². The molecule has 0 radical (unpaired) electrons. The van der Waals surface area contributed by atoms with E-state index >= 15 is 0 Å². The molecule has 4 nitrogen and oxygen atoms in total. The Morgan fingerprint density at radius 2 is 2.11 bits per heavy atom. The second kappa shape index (κ2) is 6.45. The molecule has 1 heterocycles. The van der Waals surface area contributed by atoms with Crippen LogP contribution in [0.25, 0.3) is 10.6 Å². The van der Waals surface area contributed by atoms with E-state index in [1.165, 1.54) is 5.56 Å². The summed E-state index contributed by atoms with van der Waals surface area (Å²) in [5.74, 6) is -0.780. The van der Waals surface area contributed by atoms with Crippen molar-refractivity contribution < 1.29 is 9.90 Å². The molecule has 19 heavy (non-hydrogen) atoms. The first-order valence-corrected chi connectivity index (χ1v) is 6.91. The maximum atomic E-state index is 10.4. The first kappa shape index (κ1) is 13.7. The highest BCUT2D eigenvalue weighted by atomic mass is 32.1. The Hall–Kier alpha value is -1.72. The van der Waals surface area contributed by atoms with Crippen LogP contribution in [0.1, 0.15) is 16.9 Å². The summed E-state index contributed by atoms with van der Waals surface area (Å²) in [6.07, 6.45) is 1.98. The van der Waals surface area contributed by atoms with Crippen LogP contribution in [0, 0.1) is 6.92 Å². The molecule has 0 saturated heterocycles. The van der Waals surface area contributed by atoms with Crippen LogP contribution >= 0.6 is 11.3 Å². The molecule has 0 fully saturated rings. The SMILES string of the molecule is Cc1ccc(-c2ncc(CNCCC(=O)O)s2)cc1. The summed E-state index contributed by atoms with van der Waals surface area (Å²) in [7, 11) is 0. The summed E-state index contributed by atoms with van der Waals surface area (Å²) in [6, 6.07) is 8.27. The molecule has 2 aromatic rings. The number of carbonyl (C=O) groups is 1. The van der Waals surface area contributed by atoms with E-state index in [0.29, 0.717) is 13.1 Å². The molecule has 2 rings (SSSR count). The van der Waals surface area contributed by atoms with E-state index in [0.717, 1.165) is 15.4 Å². The monoisotopic (exact) mass is 276 g/mol. The highest BCUT2D eigenvalue weighted by Gasteiger charge is 2.04. The first-order chi connectivity index (χ1) is 9.15. The molecular formula is C14H16N2O2S. The van der Waals surface area contributed by atoms with Crippen molar-refractivity contribution in [3.8, 4) is 10.6 Å². The zero-order valence-electron chi connectivity index (χ0n) is 10.7. The number of nitrogens with zero attached hydrogens (tertiary/aromatic N) is 1. The highest BCUT2D eigenvalue weighted by Crippen LogP contribution is 2.25. The van der Waals surface area contributed by atoms with Crippen LogP contribution in [-0.2, 0) is 11.3 Å². The van der Waals surface area contributed by atoms with Crippen LogP contribution in [0.2, 0.25) is 0 Å². The van der Waals surface area contributed by atoms with Gasteiger partial charge < -0.3 is 10.4 Å². The summed E-state index contributed by atoms with van der Waals surface area (Å²) in [5, 5.41) is 12.6. The summed E-state index contributed by atoms with van der Waals surface area (Å²) in [6.45, 7) is 3.20. The van der Waals surface area contributed by atoms with Gasteiger partial charge in [0.1, 0.15) is 5.01 Å². The second-order valence-corrected chi connectivity index (χ2v) is 5.43. The highest BCUT2D eigenvalue weighted by molar-refractivity contribution is 7.15. The number of aliphatic carboxylic acids is 1. The minimum atomic E-state index is -0.780. The lowest BCUT2D eigenvalue weighted by Gasteiger charge is -1.99. The molecule has 1 aromatic carbocycles. The Morgan fingerprint density at radius 1 is 1.37 bits per heavy atom. The third kappa shape index (κ3) is 4.15. The van der Waals surface area contributed by atoms with E-state index < -0.39 is 5.97 Å². The molecule has 100 valence electrons. The van der Waals surface area contributed by atoms with E-state index in [4.69, 9.17) is 5.11 Å². The van der Waals surface area contributed by atoms with Crippen molar-refractivity contribution in [2.24, 2.45) is 0 Å². The van der Waals surface area contributed by atoms with Gasteiger partial charge in [0.2, 0.25) is 0 Å². The number of benzene rings is 1. The molecule has 0 atom stereocenters. The van der Waals surface area contributed by atoms with E-state index in [2.05, 4.69) is 41.5 Å². The number of aryl methyl sites for hydroxylation is 1. The van der Waals surface area contributed by atoms with Crippen molar-refractivity contribution in [1.82, 2.24) is 10.3 Å². The van der Waals surface area contributed by atoms with Crippen LogP contribution in [0.5, 0.6) is 0 Å².